The topological polar surface area (TPSA) is 78.9 Å². The molecule has 0 saturated carbocycles. The van der Waals surface area contributed by atoms with E-state index in [1.165, 1.54) is 11.8 Å². The third-order valence-corrected chi connectivity index (χ3v) is 4.09. The van der Waals surface area contributed by atoms with Crippen LogP contribution < -0.4 is 16.2 Å². The molecule has 1 aromatic rings. The number of rotatable bonds is 4. The van der Waals surface area contributed by atoms with E-state index in [9.17, 15) is 4.79 Å². The first kappa shape index (κ1) is 15.2. The molecular formula is C13H21N5OS. The van der Waals surface area contributed by atoms with Crippen molar-refractivity contribution in [1.29, 1.82) is 0 Å². The number of carbonyl (C=O) groups excluding carboxylic acids is 1. The number of aryl methyl sites for hydroxylation is 2. The Labute approximate surface area is 123 Å². The predicted octanol–water partition coefficient (Wildman–Crippen LogP) is 0.555. The maximum Gasteiger partial charge on any atom is 0.230 e. The lowest BCUT2D eigenvalue weighted by Gasteiger charge is -2.19. The molecule has 2 heterocycles. The van der Waals surface area contributed by atoms with Gasteiger partial charge in [-0.25, -0.2) is 9.97 Å². The minimum Gasteiger partial charge on any atom is -0.349 e. The van der Waals surface area contributed by atoms with Gasteiger partial charge in [0, 0.05) is 23.5 Å². The number of carbonyl (C=O) groups is 1. The van der Waals surface area contributed by atoms with Gasteiger partial charge in [0.1, 0.15) is 0 Å². The van der Waals surface area contributed by atoms with Crippen molar-refractivity contribution in [2.75, 3.05) is 5.75 Å². The third kappa shape index (κ3) is 3.91. The summed E-state index contributed by atoms with van der Waals surface area (Å²) < 4.78 is 0. The van der Waals surface area contributed by atoms with Gasteiger partial charge in [0.15, 0.2) is 5.16 Å². The van der Waals surface area contributed by atoms with Crippen molar-refractivity contribution in [3.8, 4) is 0 Å². The van der Waals surface area contributed by atoms with Crippen LogP contribution in [0.1, 0.15) is 25.2 Å². The molecule has 2 atom stereocenters. The van der Waals surface area contributed by atoms with Crippen LogP contribution in [-0.4, -0.2) is 39.8 Å². The smallest absolute Gasteiger partial charge is 0.230 e. The number of amides is 1. The maximum absolute atomic E-state index is 12.0. The fourth-order valence-electron chi connectivity index (χ4n) is 2.24. The van der Waals surface area contributed by atoms with E-state index >= 15 is 0 Å². The Morgan fingerprint density at radius 1 is 1.25 bits per heavy atom. The number of hydrazine groups is 1. The van der Waals surface area contributed by atoms with Crippen LogP contribution in [0, 0.1) is 13.8 Å². The molecule has 6 nitrogen and oxygen atoms in total. The lowest BCUT2D eigenvalue weighted by atomic mass is 10.1. The van der Waals surface area contributed by atoms with Crippen LogP contribution in [0.15, 0.2) is 11.2 Å². The minimum absolute atomic E-state index is 0.00644. The fraction of sp³-hybridized carbons (Fsp3) is 0.615. The molecule has 1 aliphatic heterocycles. The van der Waals surface area contributed by atoms with Crippen LogP contribution in [0.5, 0.6) is 0 Å². The van der Waals surface area contributed by atoms with Crippen molar-refractivity contribution >= 4 is 17.7 Å². The van der Waals surface area contributed by atoms with Gasteiger partial charge in [-0.1, -0.05) is 11.8 Å². The monoisotopic (exact) mass is 295 g/mol. The molecule has 20 heavy (non-hydrogen) atoms. The van der Waals surface area contributed by atoms with Gasteiger partial charge < -0.3 is 5.32 Å². The number of aromatic nitrogens is 2. The summed E-state index contributed by atoms with van der Waals surface area (Å²) >= 11 is 1.37. The van der Waals surface area contributed by atoms with Crippen LogP contribution in [0.4, 0.5) is 0 Å². The Hall–Kier alpha value is -1.18. The normalized spacial score (nSPS) is 25.7. The summed E-state index contributed by atoms with van der Waals surface area (Å²) in [5, 5.41) is 3.69. The summed E-state index contributed by atoms with van der Waals surface area (Å²) in [6, 6.07) is 2.46. The predicted molar refractivity (Wildman–Crippen MR) is 79.4 cm³/mol. The van der Waals surface area contributed by atoms with Crippen molar-refractivity contribution in [2.45, 2.75) is 51.0 Å². The summed E-state index contributed by atoms with van der Waals surface area (Å²) in [6.45, 7) is 7.94. The average molecular weight is 295 g/mol. The van der Waals surface area contributed by atoms with E-state index in [0.717, 1.165) is 11.4 Å². The van der Waals surface area contributed by atoms with E-state index < -0.39 is 0 Å². The molecule has 0 bridgehead atoms. The highest BCUT2D eigenvalue weighted by molar-refractivity contribution is 7.99. The average Bonchev–Trinajstić information content (AvgIpc) is 2.67. The lowest BCUT2D eigenvalue weighted by Crippen LogP contribution is -2.47. The van der Waals surface area contributed by atoms with Crippen LogP contribution in [0.2, 0.25) is 0 Å². The molecule has 0 spiro atoms. The van der Waals surface area contributed by atoms with Crippen LogP contribution >= 0.6 is 11.8 Å². The second-order valence-electron chi connectivity index (χ2n) is 5.18. The van der Waals surface area contributed by atoms with Gasteiger partial charge in [0.25, 0.3) is 0 Å². The van der Waals surface area contributed by atoms with E-state index in [1.54, 1.807) is 0 Å². The van der Waals surface area contributed by atoms with Gasteiger partial charge in [-0.15, -0.1) is 0 Å². The van der Waals surface area contributed by atoms with E-state index in [-0.39, 0.29) is 24.0 Å². The molecule has 110 valence electrons. The summed E-state index contributed by atoms with van der Waals surface area (Å²) in [5.41, 5.74) is 8.08. The second kappa shape index (κ2) is 6.51. The van der Waals surface area contributed by atoms with Gasteiger partial charge in [-0.3, -0.25) is 15.6 Å². The molecule has 1 amide bonds. The van der Waals surface area contributed by atoms with E-state index in [4.69, 9.17) is 0 Å². The molecule has 2 unspecified atom stereocenters. The molecule has 3 N–H and O–H groups in total. The summed E-state index contributed by atoms with van der Waals surface area (Å²) in [6.07, 6.45) is 0. The van der Waals surface area contributed by atoms with Crippen LogP contribution in [-0.2, 0) is 4.79 Å². The summed E-state index contributed by atoms with van der Waals surface area (Å²) in [5.74, 6) is 0.339. The van der Waals surface area contributed by atoms with Crippen molar-refractivity contribution in [2.24, 2.45) is 0 Å². The van der Waals surface area contributed by atoms with Crippen molar-refractivity contribution in [1.82, 2.24) is 26.1 Å². The highest BCUT2D eigenvalue weighted by Gasteiger charge is 2.30. The maximum atomic E-state index is 12.0. The van der Waals surface area contributed by atoms with Gasteiger partial charge in [-0.05, 0) is 33.8 Å². The molecule has 2 rings (SSSR count). The largest absolute Gasteiger partial charge is 0.349 e. The summed E-state index contributed by atoms with van der Waals surface area (Å²) in [4.78, 5) is 20.6. The van der Waals surface area contributed by atoms with Gasteiger partial charge in [0.2, 0.25) is 5.91 Å². The van der Waals surface area contributed by atoms with Crippen molar-refractivity contribution in [3.63, 3.8) is 0 Å². The first-order valence-corrected chi connectivity index (χ1v) is 7.70. The van der Waals surface area contributed by atoms with Crippen LogP contribution in [0.25, 0.3) is 0 Å². The van der Waals surface area contributed by atoms with Crippen molar-refractivity contribution < 1.29 is 4.79 Å². The highest BCUT2D eigenvalue weighted by atomic mass is 32.2. The number of hydrogen-bond acceptors (Lipinski definition) is 6. The first-order chi connectivity index (χ1) is 9.45. The Kier molecular flexibility index (Phi) is 4.95. The SMILES string of the molecule is Cc1cc(C)nc(SCC(=O)NC2C(C)NNC2C)n1. The number of thioether (sulfide) groups is 1. The first-order valence-electron chi connectivity index (χ1n) is 6.71. The van der Waals surface area contributed by atoms with Crippen LogP contribution in [0.3, 0.4) is 0 Å². The number of nitrogens with zero attached hydrogens (tertiary/aromatic N) is 2. The van der Waals surface area contributed by atoms with E-state index in [1.807, 2.05) is 33.8 Å². The zero-order valence-corrected chi connectivity index (χ0v) is 13.0. The molecular weight excluding hydrogens is 274 g/mol. The lowest BCUT2D eigenvalue weighted by molar-refractivity contribution is -0.119. The Bertz CT molecular complexity index is 465. The Morgan fingerprint density at radius 2 is 1.80 bits per heavy atom. The Morgan fingerprint density at radius 3 is 2.35 bits per heavy atom. The molecule has 0 aliphatic carbocycles. The quantitative estimate of drug-likeness (QED) is 0.556. The zero-order chi connectivity index (χ0) is 14.7. The highest BCUT2D eigenvalue weighted by Crippen LogP contribution is 2.14. The molecule has 0 radical (unpaired) electrons. The standard InChI is InChI=1S/C13H21N5OS/c1-7-5-8(2)15-13(14-7)20-6-11(19)16-12-9(3)17-18-10(12)4/h5,9-10,12,17-18H,6H2,1-4H3,(H,16,19). The molecule has 0 aromatic carbocycles. The molecule has 7 heteroatoms. The van der Waals surface area contributed by atoms with Crippen molar-refractivity contribution in [3.05, 3.63) is 17.5 Å². The summed E-state index contributed by atoms with van der Waals surface area (Å²) in [7, 11) is 0. The molecule has 1 saturated heterocycles. The Balaban J connectivity index is 1.86. The van der Waals surface area contributed by atoms with Gasteiger partial charge in [-0.2, -0.15) is 0 Å². The number of nitrogens with one attached hydrogen (secondary N) is 3. The van der Waals surface area contributed by atoms with E-state index in [2.05, 4.69) is 26.1 Å². The number of hydrogen-bond donors (Lipinski definition) is 3. The van der Waals surface area contributed by atoms with Gasteiger partial charge in [0.05, 0.1) is 11.8 Å². The minimum atomic E-state index is 0.00644. The molecule has 1 aromatic heterocycles. The fourth-order valence-corrected chi connectivity index (χ4v) is 3.00. The second-order valence-corrected chi connectivity index (χ2v) is 6.12. The molecule has 1 aliphatic rings. The zero-order valence-electron chi connectivity index (χ0n) is 12.2. The third-order valence-electron chi connectivity index (χ3n) is 3.24. The van der Waals surface area contributed by atoms with E-state index in [0.29, 0.717) is 10.9 Å². The molecule has 1 fully saturated rings. The van der Waals surface area contributed by atoms with Gasteiger partial charge >= 0.3 is 0 Å².